The van der Waals surface area contributed by atoms with Gasteiger partial charge in [0.2, 0.25) is 5.91 Å². The van der Waals surface area contributed by atoms with Gasteiger partial charge in [0.1, 0.15) is 11.9 Å². The fraction of sp³-hybridized carbons (Fsp3) is 0.667. The number of carbonyl (C=O) groups is 2. The number of nitrogens with one attached hydrogen (secondary N) is 3. The lowest BCUT2D eigenvalue weighted by molar-refractivity contribution is -0.198. The van der Waals surface area contributed by atoms with Crippen LogP contribution in [0.4, 0.5) is 5.82 Å². The van der Waals surface area contributed by atoms with Crippen LogP contribution in [0.25, 0.3) is 6.08 Å². The van der Waals surface area contributed by atoms with E-state index in [9.17, 15) is 9.59 Å². The number of hydroxylamine groups is 1. The smallest absolute Gasteiger partial charge is 0.267 e. The minimum absolute atomic E-state index is 0.0139. The predicted octanol–water partition coefficient (Wildman–Crippen LogP) is 3.34. The third kappa shape index (κ3) is 9.09. The van der Waals surface area contributed by atoms with Crippen LogP contribution in [-0.2, 0) is 19.2 Å². The maximum absolute atomic E-state index is 12.9. The molecule has 1 aromatic rings. The number of nitrogens with zero attached hydrogens (tertiary/aromatic N) is 2. The molecule has 1 saturated carbocycles. The second-order valence-corrected chi connectivity index (χ2v) is 9.21. The van der Waals surface area contributed by atoms with Crippen molar-refractivity contribution in [3.05, 3.63) is 24.2 Å². The van der Waals surface area contributed by atoms with Crippen molar-refractivity contribution < 1.29 is 19.2 Å². The quantitative estimate of drug-likeness (QED) is 0.363. The van der Waals surface area contributed by atoms with Crippen LogP contribution in [-0.4, -0.2) is 46.8 Å². The first-order valence-corrected chi connectivity index (χ1v) is 12.1. The highest BCUT2D eigenvalue weighted by molar-refractivity contribution is 5.90. The zero-order chi connectivity index (χ0) is 23.5. The van der Waals surface area contributed by atoms with Gasteiger partial charge in [-0.1, -0.05) is 33.1 Å². The van der Waals surface area contributed by atoms with Crippen molar-refractivity contribution >= 4 is 23.7 Å². The molecule has 1 unspecified atom stereocenters. The highest BCUT2D eigenvalue weighted by Gasteiger charge is 2.24. The highest BCUT2D eigenvalue weighted by atomic mass is 16.8. The Morgan fingerprint density at radius 2 is 1.91 bits per heavy atom. The maximum atomic E-state index is 12.9. The molecule has 0 spiro atoms. The average molecular weight is 460 g/mol. The summed E-state index contributed by atoms with van der Waals surface area (Å²) >= 11 is 0. The van der Waals surface area contributed by atoms with Crippen molar-refractivity contribution in [2.24, 2.45) is 5.92 Å². The van der Waals surface area contributed by atoms with Gasteiger partial charge in [-0.25, -0.2) is 15.3 Å². The molecule has 2 heterocycles. The number of ether oxygens (including phenoxy) is 1. The summed E-state index contributed by atoms with van der Waals surface area (Å²) in [4.78, 5) is 38.7. The standard InChI is InChI=1S/C24H37N5O4/c1-17(2)14-20(24(31)27-18-8-4-3-5-9-18)28-21-16-25-19(15-26-21)11-12-22(30)29-33-23-10-6-7-13-32-23/h11-12,15-18,20,23H,3-10,13-14H2,1-2H3,(H,26,28)(H,27,31)(H,29,30)/b12-11+/t20-,23?/m1/s1. The molecule has 1 aromatic heterocycles. The molecule has 2 aliphatic rings. The Balaban J connectivity index is 1.49. The molecule has 3 rings (SSSR count). The van der Waals surface area contributed by atoms with Crippen molar-refractivity contribution in [2.45, 2.75) is 90.0 Å². The fourth-order valence-electron chi connectivity index (χ4n) is 4.05. The molecule has 3 N–H and O–H groups in total. The van der Waals surface area contributed by atoms with Crippen molar-refractivity contribution in [1.29, 1.82) is 0 Å². The van der Waals surface area contributed by atoms with Crippen LogP contribution in [0, 0.1) is 5.92 Å². The van der Waals surface area contributed by atoms with Crippen LogP contribution in [0.15, 0.2) is 18.5 Å². The first-order valence-electron chi connectivity index (χ1n) is 12.1. The van der Waals surface area contributed by atoms with Crippen LogP contribution in [0.5, 0.6) is 0 Å². The molecule has 182 valence electrons. The Labute approximate surface area is 196 Å². The molecular formula is C24H37N5O4. The summed E-state index contributed by atoms with van der Waals surface area (Å²) in [5.74, 6) is 0.498. The van der Waals surface area contributed by atoms with Crippen molar-refractivity contribution in [3.8, 4) is 0 Å². The number of amides is 2. The minimum atomic E-state index is -0.399. The van der Waals surface area contributed by atoms with E-state index in [2.05, 4.69) is 39.9 Å². The Hall–Kier alpha value is -2.52. The van der Waals surface area contributed by atoms with Crippen LogP contribution < -0.4 is 16.1 Å². The summed E-state index contributed by atoms with van der Waals surface area (Å²) in [6, 6.07) is -0.103. The lowest BCUT2D eigenvalue weighted by Crippen LogP contribution is -2.46. The lowest BCUT2D eigenvalue weighted by atomic mass is 9.94. The normalized spacial score (nSPS) is 20.5. The number of hydrogen-bond acceptors (Lipinski definition) is 7. The predicted molar refractivity (Wildman–Crippen MR) is 126 cm³/mol. The van der Waals surface area contributed by atoms with Crippen molar-refractivity contribution in [1.82, 2.24) is 20.8 Å². The Kier molecular flexibility index (Phi) is 10.1. The number of carbonyl (C=O) groups excluding carboxylic acids is 2. The Bertz CT molecular complexity index is 772. The Morgan fingerprint density at radius 3 is 2.58 bits per heavy atom. The van der Waals surface area contributed by atoms with Gasteiger partial charge in [0, 0.05) is 25.1 Å². The Morgan fingerprint density at radius 1 is 1.12 bits per heavy atom. The summed E-state index contributed by atoms with van der Waals surface area (Å²) in [6.07, 6.45) is 14.8. The van der Waals surface area contributed by atoms with E-state index in [1.54, 1.807) is 18.5 Å². The van der Waals surface area contributed by atoms with Crippen LogP contribution >= 0.6 is 0 Å². The summed E-state index contributed by atoms with van der Waals surface area (Å²) in [6.45, 7) is 4.83. The lowest BCUT2D eigenvalue weighted by Gasteiger charge is -2.27. The third-order valence-corrected chi connectivity index (χ3v) is 5.80. The molecule has 2 atom stereocenters. The number of anilines is 1. The molecule has 9 nitrogen and oxygen atoms in total. The average Bonchev–Trinajstić information content (AvgIpc) is 2.83. The van der Waals surface area contributed by atoms with Gasteiger partial charge in [-0.05, 0) is 44.1 Å². The van der Waals surface area contributed by atoms with Gasteiger partial charge in [-0.2, -0.15) is 0 Å². The first-order chi connectivity index (χ1) is 16.0. The zero-order valence-corrected chi connectivity index (χ0v) is 19.7. The van der Waals surface area contributed by atoms with Gasteiger partial charge in [0.25, 0.3) is 5.91 Å². The van der Waals surface area contributed by atoms with Crippen LogP contribution in [0.3, 0.4) is 0 Å². The molecule has 0 bridgehead atoms. The largest absolute Gasteiger partial charge is 0.357 e. The number of aromatic nitrogens is 2. The molecule has 33 heavy (non-hydrogen) atoms. The molecule has 1 aliphatic heterocycles. The summed E-state index contributed by atoms with van der Waals surface area (Å²) < 4.78 is 5.40. The third-order valence-electron chi connectivity index (χ3n) is 5.80. The summed E-state index contributed by atoms with van der Waals surface area (Å²) in [7, 11) is 0. The van der Waals surface area contributed by atoms with Gasteiger partial charge in [-0.15, -0.1) is 0 Å². The van der Waals surface area contributed by atoms with Crippen LogP contribution in [0.2, 0.25) is 0 Å². The van der Waals surface area contributed by atoms with Gasteiger partial charge in [-0.3, -0.25) is 14.6 Å². The highest BCUT2D eigenvalue weighted by Crippen LogP contribution is 2.19. The second-order valence-electron chi connectivity index (χ2n) is 9.21. The van der Waals surface area contributed by atoms with E-state index in [1.165, 1.54) is 25.3 Å². The van der Waals surface area contributed by atoms with Gasteiger partial charge < -0.3 is 15.4 Å². The molecule has 0 aromatic carbocycles. The molecule has 9 heteroatoms. The topological polar surface area (TPSA) is 114 Å². The zero-order valence-electron chi connectivity index (χ0n) is 19.7. The van der Waals surface area contributed by atoms with Crippen molar-refractivity contribution in [3.63, 3.8) is 0 Å². The number of rotatable bonds is 10. The summed E-state index contributed by atoms with van der Waals surface area (Å²) in [5.41, 5.74) is 2.89. The van der Waals surface area contributed by atoms with E-state index in [1.807, 2.05) is 0 Å². The second kappa shape index (κ2) is 13.3. The summed E-state index contributed by atoms with van der Waals surface area (Å²) in [5, 5.41) is 6.42. The van der Waals surface area contributed by atoms with E-state index < -0.39 is 12.2 Å². The monoisotopic (exact) mass is 459 g/mol. The van der Waals surface area contributed by atoms with Crippen LogP contribution in [0.1, 0.15) is 77.3 Å². The number of hydrogen-bond donors (Lipinski definition) is 3. The minimum Gasteiger partial charge on any atom is -0.357 e. The SMILES string of the molecule is CC(C)C[C@@H](Nc1cnc(/C=C/C(=O)NOC2CCCCO2)cn1)C(=O)NC1CCCCC1. The molecule has 1 saturated heterocycles. The van der Waals surface area contributed by atoms with E-state index >= 15 is 0 Å². The van der Waals surface area contributed by atoms with Crippen molar-refractivity contribution in [2.75, 3.05) is 11.9 Å². The molecular weight excluding hydrogens is 422 g/mol. The van der Waals surface area contributed by atoms with E-state index in [4.69, 9.17) is 9.57 Å². The molecule has 2 fully saturated rings. The van der Waals surface area contributed by atoms with E-state index in [0.29, 0.717) is 30.5 Å². The molecule has 0 radical (unpaired) electrons. The molecule has 2 amide bonds. The van der Waals surface area contributed by atoms with Gasteiger partial charge >= 0.3 is 0 Å². The van der Waals surface area contributed by atoms with Gasteiger partial charge in [0.05, 0.1) is 18.1 Å². The van der Waals surface area contributed by atoms with E-state index in [0.717, 1.165) is 32.1 Å². The van der Waals surface area contributed by atoms with Gasteiger partial charge in [0.15, 0.2) is 6.29 Å². The fourth-order valence-corrected chi connectivity index (χ4v) is 4.05. The first kappa shape index (κ1) is 25.1. The molecule has 1 aliphatic carbocycles. The van der Waals surface area contributed by atoms with E-state index in [-0.39, 0.29) is 18.0 Å². The maximum Gasteiger partial charge on any atom is 0.267 e.